The Balaban J connectivity index is 1.89. The van der Waals surface area contributed by atoms with Crippen molar-refractivity contribution in [2.24, 2.45) is 0 Å². The highest BCUT2D eigenvalue weighted by atomic mass is 32.2. The lowest BCUT2D eigenvalue weighted by Gasteiger charge is -2.29. The van der Waals surface area contributed by atoms with E-state index >= 15 is 0 Å². The standard InChI is InChI=1S/C18H18N2O3S2/c1-12-8-9-14(10-19(12)17(22)23-2)16(21)20-15(11-25-18(20)24)13-6-4-3-5-7-13/h3-10,12,15H,11H2,1-2H3/t12?,15-/m1/s1. The second-order valence-corrected chi connectivity index (χ2v) is 7.39. The van der Waals surface area contributed by atoms with Crippen molar-refractivity contribution in [1.29, 1.82) is 0 Å². The first-order valence-corrected chi connectivity index (χ1v) is 9.24. The summed E-state index contributed by atoms with van der Waals surface area (Å²) in [4.78, 5) is 28.0. The van der Waals surface area contributed by atoms with Gasteiger partial charge < -0.3 is 4.74 Å². The highest BCUT2D eigenvalue weighted by molar-refractivity contribution is 8.23. The van der Waals surface area contributed by atoms with E-state index in [1.165, 1.54) is 30.0 Å². The molecule has 2 atom stereocenters. The monoisotopic (exact) mass is 374 g/mol. The highest BCUT2D eigenvalue weighted by Crippen LogP contribution is 2.36. The molecule has 2 aliphatic heterocycles. The number of methoxy groups -OCH3 is 1. The fraction of sp³-hybridized carbons (Fsp3) is 0.278. The van der Waals surface area contributed by atoms with Gasteiger partial charge in [-0.25, -0.2) is 4.79 Å². The summed E-state index contributed by atoms with van der Waals surface area (Å²) in [5, 5.41) is 0. The van der Waals surface area contributed by atoms with E-state index in [0.717, 1.165) is 11.3 Å². The SMILES string of the molecule is COC(=O)N1C=C(C(=O)N2C(=S)SC[C@@H]2c2ccccc2)C=CC1C. The molecular formula is C18H18N2O3S2. The molecule has 0 bridgehead atoms. The average Bonchev–Trinajstić information content (AvgIpc) is 3.03. The van der Waals surface area contributed by atoms with Crippen LogP contribution in [0.1, 0.15) is 18.5 Å². The number of amides is 2. The molecule has 0 N–H and O–H groups in total. The number of thiocarbonyl (C=S) groups is 1. The predicted octanol–water partition coefficient (Wildman–Crippen LogP) is 3.50. The van der Waals surface area contributed by atoms with Crippen LogP contribution in [-0.2, 0) is 9.53 Å². The Morgan fingerprint density at radius 2 is 2.00 bits per heavy atom. The number of hydrogen-bond donors (Lipinski definition) is 0. The van der Waals surface area contributed by atoms with Gasteiger partial charge in [-0.3, -0.25) is 14.6 Å². The summed E-state index contributed by atoms with van der Waals surface area (Å²) in [6.07, 6.45) is 4.57. The Hall–Kier alpha value is -2.12. The fourth-order valence-corrected chi connectivity index (χ4v) is 4.21. The van der Waals surface area contributed by atoms with Gasteiger partial charge in [0, 0.05) is 12.0 Å². The fourth-order valence-electron chi connectivity index (χ4n) is 2.80. The van der Waals surface area contributed by atoms with Gasteiger partial charge in [-0.1, -0.05) is 60.4 Å². The van der Waals surface area contributed by atoms with Crippen molar-refractivity contribution in [3.63, 3.8) is 0 Å². The summed E-state index contributed by atoms with van der Waals surface area (Å²) in [6.45, 7) is 1.86. The summed E-state index contributed by atoms with van der Waals surface area (Å²) in [6, 6.07) is 9.55. The molecule has 5 nitrogen and oxygen atoms in total. The number of rotatable bonds is 2. The van der Waals surface area contributed by atoms with Gasteiger partial charge in [0.2, 0.25) is 0 Å². The Morgan fingerprint density at radius 3 is 2.68 bits per heavy atom. The largest absolute Gasteiger partial charge is 0.452 e. The number of thioether (sulfide) groups is 1. The molecule has 0 saturated carbocycles. The first-order valence-electron chi connectivity index (χ1n) is 7.84. The molecule has 25 heavy (non-hydrogen) atoms. The molecule has 130 valence electrons. The van der Waals surface area contributed by atoms with E-state index in [2.05, 4.69) is 0 Å². The van der Waals surface area contributed by atoms with E-state index in [-0.39, 0.29) is 18.0 Å². The second-order valence-electron chi connectivity index (χ2n) is 5.74. The third kappa shape index (κ3) is 3.48. The van der Waals surface area contributed by atoms with Crippen molar-refractivity contribution in [2.75, 3.05) is 12.9 Å². The van der Waals surface area contributed by atoms with Crippen LogP contribution in [0.5, 0.6) is 0 Å². The molecule has 0 aromatic heterocycles. The minimum absolute atomic E-state index is 0.105. The zero-order valence-electron chi connectivity index (χ0n) is 13.9. The molecule has 1 saturated heterocycles. The number of carbonyl (C=O) groups excluding carboxylic acids is 2. The first kappa shape index (κ1) is 17.7. The van der Waals surface area contributed by atoms with E-state index in [0.29, 0.717) is 9.89 Å². The third-order valence-electron chi connectivity index (χ3n) is 4.18. The first-order chi connectivity index (χ1) is 12.0. The van der Waals surface area contributed by atoms with Crippen molar-refractivity contribution in [2.45, 2.75) is 19.0 Å². The Bertz CT molecular complexity index is 761. The van der Waals surface area contributed by atoms with Crippen molar-refractivity contribution in [3.05, 3.63) is 59.8 Å². The number of carbonyl (C=O) groups is 2. The molecule has 0 spiro atoms. The lowest BCUT2D eigenvalue weighted by atomic mass is 10.0. The average molecular weight is 374 g/mol. The van der Waals surface area contributed by atoms with Gasteiger partial charge in [-0.05, 0) is 18.6 Å². The molecule has 2 heterocycles. The van der Waals surface area contributed by atoms with E-state index in [1.807, 2.05) is 37.3 Å². The number of ether oxygens (including phenoxy) is 1. The molecule has 1 fully saturated rings. The van der Waals surface area contributed by atoms with Crippen LogP contribution >= 0.6 is 24.0 Å². The van der Waals surface area contributed by atoms with Gasteiger partial charge in [0.1, 0.15) is 4.32 Å². The van der Waals surface area contributed by atoms with Crippen molar-refractivity contribution >= 4 is 40.3 Å². The Morgan fingerprint density at radius 1 is 1.28 bits per heavy atom. The summed E-state index contributed by atoms with van der Waals surface area (Å²) < 4.78 is 5.33. The Kier molecular flexibility index (Phi) is 5.24. The number of benzene rings is 1. The van der Waals surface area contributed by atoms with Crippen LogP contribution in [0.15, 0.2) is 54.3 Å². The predicted molar refractivity (Wildman–Crippen MR) is 102 cm³/mol. The van der Waals surface area contributed by atoms with Crippen LogP contribution in [-0.4, -0.2) is 45.0 Å². The molecular weight excluding hydrogens is 356 g/mol. The maximum absolute atomic E-state index is 13.1. The van der Waals surface area contributed by atoms with Crippen LogP contribution < -0.4 is 0 Å². The molecule has 2 aliphatic rings. The molecule has 1 unspecified atom stereocenters. The van der Waals surface area contributed by atoms with Crippen LogP contribution in [0.2, 0.25) is 0 Å². The lowest BCUT2D eigenvalue weighted by molar-refractivity contribution is -0.124. The summed E-state index contributed by atoms with van der Waals surface area (Å²) in [5.41, 5.74) is 1.45. The zero-order valence-corrected chi connectivity index (χ0v) is 15.5. The molecule has 1 aromatic rings. The minimum Gasteiger partial charge on any atom is -0.452 e. The van der Waals surface area contributed by atoms with Gasteiger partial charge >= 0.3 is 6.09 Å². The van der Waals surface area contributed by atoms with Gasteiger partial charge in [-0.15, -0.1) is 0 Å². The molecule has 3 rings (SSSR count). The topological polar surface area (TPSA) is 49.9 Å². The molecule has 7 heteroatoms. The van der Waals surface area contributed by atoms with Gasteiger partial charge in [-0.2, -0.15) is 0 Å². The quantitative estimate of drug-likeness (QED) is 0.742. The third-order valence-corrected chi connectivity index (χ3v) is 5.66. The van der Waals surface area contributed by atoms with Crippen LogP contribution in [0.4, 0.5) is 4.79 Å². The normalized spacial score (nSPS) is 22.8. The van der Waals surface area contributed by atoms with Crippen molar-refractivity contribution in [3.8, 4) is 0 Å². The van der Waals surface area contributed by atoms with E-state index < -0.39 is 6.09 Å². The zero-order chi connectivity index (χ0) is 18.0. The number of nitrogens with zero attached hydrogens (tertiary/aromatic N) is 2. The van der Waals surface area contributed by atoms with Gasteiger partial charge in [0.15, 0.2) is 0 Å². The van der Waals surface area contributed by atoms with E-state index in [4.69, 9.17) is 17.0 Å². The number of hydrogen-bond acceptors (Lipinski definition) is 5. The highest BCUT2D eigenvalue weighted by Gasteiger charge is 2.37. The summed E-state index contributed by atoms with van der Waals surface area (Å²) in [7, 11) is 1.32. The van der Waals surface area contributed by atoms with Crippen LogP contribution in [0.25, 0.3) is 0 Å². The molecule has 1 aromatic carbocycles. The molecule has 2 amide bonds. The second kappa shape index (κ2) is 7.41. The van der Waals surface area contributed by atoms with Crippen molar-refractivity contribution < 1.29 is 14.3 Å². The molecule has 0 aliphatic carbocycles. The van der Waals surface area contributed by atoms with Gasteiger partial charge in [0.05, 0.1) is 24.8 Å². The van der Waals surface area contributed by atoms with Crippen LogP contribution in [0, 0.1) is 0 Å². The van der Waals surface area contributed by atoms with E-state index in [1.54, 1.807) is 17.1 Å². The van der Waals surface area contributed by atoms with Crippen molar-refractivity contribution in [1.82, 2.24) is 9.80 Å². The van der Waals surface area contributed by atoms with Gasteiger partial charge in [0.25, 0.3) is 5.91 Å². The van der Waals surface area contributed by atoms with E-state index in [9.17, 15) is 9.59 Å². The Labute approximate surface area is 156 Å². The summed E-state index contributed by atoms with van der Waals surface area (Å²) >= 11 is 6.89. The maximum atomic E-state index is 13.1. The minimum atomic E-state index is -0.500. The maximum Gasteiger partial charge on any atom is 0.414 e. The lowest BCUT2D eigenvalue weighted by Crippen LogP contribution is -2.39. The smallest absolute Gasteiger partial charge is 0.414 e. The summed E-state index contributed by atoms with van der Waals surface area (Å²) in [5.74, 6) is 0.517. The van der Waals surface area contributed by atoms with Crippen LogP contribution in [0.3, 0.4) is 0 Å². The molecule has 0 radical (unpaired) electrons.